The van der Waals surface area contributed by atoms with Crippen molar-refractivity contribution >= 4 is 28.5 Å². The molecule has 0 saturated carbocycles. The Kier molecular flexibility index (Phi) is 3.32. The molecule has 0 radical (unpaired) electrons. The molecule has 0 bridgehead atoms. The van der Waals surface area contributed by atoms with E-state index in [0.717, 1.165) is 6.07 Å². The molecule has 1 saturated heterocycles. The standard InChI is InChI=1S/C12H14BBrF2O2/c1-11(2)12(3,4)18-13(17-11)10-8(14)5-7(15)6-9(10)16/h5-6H,1-4H3. The van der Waals surface area contributed by atoms with Crippen molar-refractivity contribution in [1.82, 2.24) is 0 Å². The summed E-state index contributed by atoms with van der Waals surface area (Å²) in [6.07, 6.45) is 0. The van der Waals surface area contributed by atoms with Crippen molar-refractivity contribution in [1.29, 1.82) is 0 Å². The molecule has 0 spiro atoms. The SMILES string of the molecule is CC1(C)OB(c2c(F)cc(F)cc2Br)OC1(C)C. The predicted molar refractivity (Wildman–Crippen MR) is 69.8 cm³/mol. The molecule has 18 heavy (non-hydrogen) atoms. The Labute approximate surface area is 114 Å². The summed E-state index contributed by atoms with van der Waals surface area (Å²) in [5, 5.41) is 0. The number of rotatable bonds is 1. The summed E-state index contributed by atoms with van der Waals surface area (Å²) >= 11 is 3.14. The van der Waals surface area contributed by atoms with Crippen molar-refractivity contribution in [3.05, 3.63) is 28.2 Å². The first-order valence-corrected chi connectivity index (χ1v) is 6.43. The molecule has 1 aliphatic heterocycles. The molecule has 0 aliphatic carbocycles. The lowest BCUT2D eigenvalue weighted by Crippen LogP contribution is -2.41. The van der Waals surface area contributed by atoms with Gasteiger partial charge in [-0.05, 0) is 33.8 Å². The number of hydrogen-bond donors (Lipinski definition) is 0. The topological polar surface area (TPSA) is 18.5 Å². The van der Waals surface area contributed by atoms with Gasteiger partial charge in [0.15, 0.2) is 0 Å². The zero-order chi connectivity index (χ0) is 13.7. The first kappa shape index (κ1) is 14.0. The van der Waals surface area contributed by atoms with Crippen molar-refractivity contribution in [2.75, 3.05) is 0 Å². The largest absolute Gasteiger partial charge is 0.499 e. The number of halogens is 3. The van der Waals surface area contributed by atoms with Gasteiger partial charge in [0.25, 0.3) is 0 Å². The third-order valence-electron chi connectivity index (χ3n) is 3.53. The van der Waals surface area contributed by atoms with Crippen molar-refractivity contribution in [2.24, 2.45) is 0 Å². The van der Waals surface area contributed by atoms with E-state index in [2.05, 4.69) is 15.9 Å². The molecule has 0 aromatic heterocycles. The van der Waals surface area contributed by atoms with Crippen LogP contribution in [-0.2, 0) is 9.31 Å². The molecule has 2 rings (SSSR count). The highest BCUT2D eigenvalue weighted by molar-refractivity contribution is 9.10. The van der Waals surface area contributed by atoms with Crippen LogP contribution in [0.25, 0.3) is 0 Å². The first-order chi connectivity index (χ1) is 8.14. The van der Waals surface area contributed by atoms with Gasteiger partial charge in [-0.2, -0.15) is 0 Å². The molecule has 6 heteroatoms. The molecule has 0 atom stereocenters. The Bertz CT molecular complexity index is 452. The third-order valence-corrected chi connectivity index (χ3v) is 4.19. The van der Waals surface area contributed by atoms with E-state index >= 15 is 0 Å². The summed E-state index contributed by atoms with van der Waals surface area (Å²) in [5.41, 5.74) is -0.925. The molecule has 1 heterocycles. The van der Waals surface area contributed by atoms with Crippen LogP contribution in [0.15, 0.2) is 16.6 Å². The highest BCUT2D eigenvalue weighted by Gasteiger charge is 2.53. The zero-order valence-electron chi connectivity index (χ0n) is 10.7. The summed E-state index contributed by atoms with van der Waals surface area (Å²) in [4.78, 5) is 0. The van der Waals surface area contributed by atoms with E-state index < -0.39 is 30.0 Å². The minimum Gasteiger partial charge on any atom is -0.399 e. The van der Waals surface area contributed by atoms with E-state index in [1.807, 2.05) is 27.7 Å². The fourth-order valence-corrected chi connectivity index (χ4v) is 2.33. The van der Waals surface area contributed by atoms with E-state index in [0.29, 0.717) is 4.47 Å². The van der Waals surface area contributed by atoms with Gasteiger partial charge in [-0.15, -0.1) is 0 Å². The van der Waals surface area contributed by atoms with Gasteiger partial charge in [0.1, 0.15) is 11.6 Å². The minimum atomic E-state index is -0.843. The van der Waals surface area contributed by atoms with Gasteiger partial charge in [-0.25, -0.2) is 8.78 Å². The molecular formula is C12H14BBrF2O2. The molecule has 1 fully saturated rings. The molecule has 0 amide bonds. The molecule has 98 valence electrons. The van der Waals surface area contributed by atoms with Gasteiger partial charge in [0.2, 0.25) is 0 Å². The average molecular weight is 319 g/mol. The maximum absolute atomic E-state index is 13.8. The Morgan fingerprint density at radius 2 is 1.56 bits per heavy atom. The van der Waals surface area contributed by atoms with E-state index in [1.165, 1.54) is 6.07 Å². The molecule has 1 aromatic carbocycles. The average Bonchev–Trinajstić information content (AvgIpc) is 2.32. The van der Waals surface area contributed by atoms with Gasteiger partial charge < -0.3 is 9.31 Å². The highest BCUT2D eigenvalue weighted by Crippen LogP contribution is 2.37. The fourth-order valence-electron chi connectivity index (χ4n) is 1.74. The van der Waals surface area contributed by atoms with Gasteiger partial charge in [-0.3, -0.25) is 0 Å². The minimum absolute atomic E-state index is 0.190. The molecular weight excluding hydrogens is 305 g/mol. The zero-order valence-corrected chi connectivity index (χ0v) is 12.3. The highest BCUT2D eigenvalue weighted by atomic mass is 79.9. The fraction of sp³-hybridized carbons (Fsp3) is 0.500. The van der Waals surface area contributed by atoms with Crippen LogP contribution >= 0.6 is 15.9 Å². The Morgan fingerprint density at radius 3 is 2.00 bits per heavy atom. The van der Waals surface area contributed by atoms with E-state index in [9.17, 15) is 8.78 Å². The summed E-state index contributed by atoms with van der Waals surface area (Å²) in [6.45, 7) is 7.51. The summed E-state index contributed by atoms with van der Waals surface area (Å²) in [6, 6.07) is 2.02. The molecule has 0 unspecified atom stereocenters. The summed E-state index contributed by atoms with van der Waals surface area (Å²) in [7, 11) is -0.843. The van der Waals surface area contributed by atoms with Crippen LogP contribution < -0.4 is 5.46 Å². The lowest BCUT2D eigenvalue weighted by molar-refractivity contribution is 0.00578. The first-order valence-electron chi connectivity index (χ1n) is 5.64. The molecule has 1 aliphatic rings. The van der Waals surface area contributed by atoms with E-state index in [1.54, 1.807) is 0 Å². The van der Waals surface area contributed by atoms with Gasteiger partial charge >= 0.3 is 7.12 Å². The van der Waals surface area contributed by atoms with Gasteiger partial charge in [0, 0.05) is 16.0 Å². The lowest BCUT2D eigenvalue weighted by atomic mass is 9.78. The normalized spacial score (nSPS) is 21.4. The van der Waals surface area contributed by atoms with Crippen LogP contribution in [0.1, 0.15) is 27.7 Å². The van der Waals surface area contributed by atoms with Gasteiger partial charge in [-0.1, -0.05) is 15.9 Å². The van der Waals surface area contributed by atoms with Crippen LogP contribution in [0.2, 0.25) is 0 Å². The second kappa shape index (κ2) is 4.29. The number of hydrogen-bond acceptors (Lipinski definition) is 2. The second-order valence-electron chi connectivity index (χ2n) is 5.37. The molecule has 2 nitrogen and oxygen atoms in total. The van der Waals surface area contributed by atoms with Crippen LogP contribution in [-0.4, -0.2) is 18.3 Å². The van der Waals surface area contributed by atoms with Gasteiger partial charge in [0.05, 0.1) is 11.2 Å². The van der Waals surface area contributed by atoms with Crippen molar-refractivity contribution in [3.8, 4) is 0 Å². The third kappa shape index (κ3) is 2.21. The molecule has 1 aromatic rings. The predicted octanol–water partition coefficient (Wildman–Crippen LogP) is 3.03. The van der Waals surface area contributed by atoms with Crippen molar-refractivity contribution in [2.45, 2.75) is 38.9 Å². The van der Waals surface area contributed by atoms with Crippen molar-refractivity contribution < 1.29 is 18.1 Å². The van der Waals surface area contributed by atoms with Crippen LogP contribution in [0.4, 0.5) is 8.78 Å². The Morgan fingerprint density at radius 1 is 1.06 bits per heavy atom. The molecule has 0 N–H and O–H groups in total. The van der Waals surface area contributed by atoms with Crippen LogP contribution in [0, 0.1) is 11.6 Å². The Balaban J connectivity index is 2.42. The second-order valence-corrected chi connectivity index (χ2v) is 6.23. The monoisotopic (exact) mass is 318 g/mol. The Hall–Kier alpha value is -0.455. The van der Waals surface area contributed by atoms with E-state index in [4.69, 9.17) is 9.31 Å². The smallest absolute Gasteiger partial charge is 0.399 e. The van der Waals surface area contributed by atoms with Crippen molar-refractivity contribution in [3.63, 3.8) is 0 Å². The van der Waals surface area contributed by atoms with Crippen LogP contribution in [0.3, 0.4) is 0 Å². The maximum atomic E-state index is 13.8. The van der Waals surface area contributed by atoms with E-state index in [-0.39, 0.29) is 5.46 Å². The van der Waals surface area contributed by atoms with Crippen LogP contribution in [0.5, 0.6) is 0 Å². The quantitative estimate of drug-likeness (QED) is 0.741. The maximum Gasteiger partial charge on any atom is 0.499 e. The summed E-state index contributed by atoms with van der Waals surface area (Å²) in [5.74, 6) is -1.32. The number of benzene rings is 1. The summed E-state index contributed by atoms with van der Waals surface area (Å²) < 4.78 is 38.7. The lowest BCUT2D eigenvalue weighted by Gasteiger charge is -2.32.